The van der Waals surface area contributed by atoms with Gasteiger partial charge in [0.25, 0.3) is 11.4 Å². The minimum Gasteiger partial charge on any atom is -0.493 e. The molecule has 3 aromatic rings. The molecule has 0 heterocycles. The van der Waals surface area contributed by atoms with Crippen LogP contribution in [0.2, 0.25) is 0 Å². The zero-order chi connectivity index (χ0) is 35.8. The molecule has 0 N–H and O–H groups in total. The summed E-state index contributed by atoms with van der Waals surface area (Å²) in [6.07, 6.45) is 1.44. The summed E-state index contributed by atoms with van der Waals surface area (Å²) in [6.45, 7) is 0.230. The van der Waals surface area contributed by atoms with Gasteiger partial charge in [-0.25, -0.2) is 14.0 Å². The monoisotopic (exact) mass is 685 g/mol. The molecule has 0 atom stereocenters. The second-order valence-corrected chi connectivity index (χ2v) is 10.2. The number of ether oxygens (including phenoxy) is 4. The molecule has 0 spiro atoms. The lowest BCUT2D eigenvalue weighted by molar-refractivity contribution is -0.394. The average Bonchev–Trinajstić information content (AvgIpc) is 3.07. The first-order chi connectivity index (χ1) is 23.4. The molecule has 0 fully saturated rings. The number of nitrogens with zero attached hydrogens (tertiary/aromatic N) is 3. The summed E-state index contributed by atoms with van der Waals surface area (Å²) in [7, 11) is 0. The minimum atomic E-state index is -3.87. The Hall–Kier alpha value is -5.98. The Kier molecular flexibility index (Phi) is 14.1. The van der Waals surface area contributed by atoms with Crippen molar-refractivity contribution >= 4 is 29.4 Å². The van der Waals surface area contributed by atoms with Crippen molar-refractivity contribution in [2.75, 3.05) is 19.8 Å². The van der Waals surface area contributed by atoms with Gasteiger partial charge in [-0.15, -0.1) is 0 Å². The fourth-order valence-corrected chi connectivity index (χ4v) is 4.10. The Labute approximate surface area is 277 Å². The SMILES string of the molecule is N#CCCCOc1ccc(OC(F)(F)c2ccc(C=CC(=O)OCCCCCCOC(=O)c3cc([N+](=O)[O-])cc([N+](=O)[O-])c3)cc2)c(F)c1. The number of hydrogen-bond donors (Lipinski definition) is 0. The Morgan fingerprint density at radius 3 is 2.06 bits per heavy atom. The number of esters is 2. The normalized spacial score (nSPS) is 11.1. The number of benzene rings is 3. The highest BCUT2D eigenvalue weighted by atomic mass is 19.3. The van der Waals surface area contributed by atoms with Gasteiger partial charge >= 0.3 is 18.0 Å². The first-order valence-electron chi connectivity index (χ1n) is 14.8. The van der Waals surface area contributed by atoms with E-state index < -0.39 is 56.4 Å². The summed E-state index contributed by atoms with van der Waals surface area (Å²) in [5.74, 6) is -3.22. The maximum absolute atomic E-state index is 14.7. The Balaban J connectivity index is 1.35. The molecule has 0 unspecified atom stereocenters. The fourth-order valence-electron chi connectivity index (χ4n) is 4.10. The van der Waals surface area contributed by atoms with Crippen molar-refractivity contribution in [2.45, 2.75) is 44.6 Å². The van der Waals surface area contributed by atoms with Gasteiger partial charge in [-0.3, -0.25) is 20.2 Å². The number of carbonyl (C=O) groups is 2. The molecule has 0 aromatic heterocycles. The predicted octanol–water partition coefficient (Wildman–Crippen LogP) is 7.43. The minimum absolute atomic E-state index is 0.0280. The van der Waals surface area contributed by atoms with E-state index in [9.17, 15) is 43.0 Å². The first kappa shape index (κ1) is 37.5. The summed E-state index contributed by atoms with van der Waals surface area (Å²) < 4.78 is 63.8. The van der Waals surface area contributed by atoms with Gasteiger partial charge in [0.05, 0.1) is 52.9 Å². The summed E-state index contributed by atoms with van der Waals surface area (Å²) >= 11 is 0. The average molecular weight is 686 g/mol. The lowest BCUT2D eigenvalue weighted by atomic mass is 10.1. The van der Waals surface area contributed by atoms with Crippen LogP contribution in [0.25, 0.3) is 6.08 Å². The van der Waals surface area contributed by atoms with E-state index in [-0.39, 0.29) is 37.6 Å². The second-order valence-electron chi connectivity index (χ2n) is 10.2. The van der Waals surface area contributed by atoms with Crippen LogP contribution in [0.5, 0.6) is 11.5 Å². The molecular weight excluding hydrogens is 655 g/mol. The topological polar surface area (TPSA) is 181 Å². The fraction of sp³-hybridized carbons (Fsp3) is 0.303. The number of nitro benzene ring substituents is 2. The van der Waals surface area contributed by atoms with E-state index in [1.807, 2.05) is 6.07 Å². The zero-order valence-electron chi connectivity index (χ0n) is 25.9. The number of rotatable bonds is 19. The molecular formula is C33H30F3N3O10. The number of carbonyl (C=O) groups excluding carboxylic acids is 2. The van der Waals surface area contributed by atoms with Crippen molar-refractivity contribution in [3.05, 3.63) is 109 Å². The van der Waals surface area contributed by atoms with Crippen molar-refractivity contribution in [3.8, 4) is 17.6 Å². The maximum Gasteiger partial charge on any atom is 0.426 e. The summed E-state index contributed by atoms with van der Waals surface area (Å²) in [5, 5.41) is 30.5. The summed E-state index contributed by atoms with van der Waals surface area (Å²) in [5.41, 5.74) is -1.66. The van der Waals surface area contributed by atoms with Crippen LogP contribution in [0.1, 0.15) is 60.0 Å². The van der Waals surface area contributed by atoms with Crippen LogP contribution in [0.15, 0.2) is 66.7 Å². The van der Waals surface area contributed by atoms with Crippen LogP contribution in [-0.4, -0.2) is 41.6 Å². The third-order valence-corrected chi connectivity index (χ3v) is 6.58. The third kappa shape index (κ3) is 12.3. The highest BCUT2D eigenvalue weighted by Crippen LogP contribution is 2.34. The lowest BCUT2D eigenvalue weighted by Crippen LogP contribution is -2.22. The second kappa shape index (κ2) is 18.4. The highest BCUT2D eigenvalue weighted by Gasteiger charge is 2.35. The van der Waals surface area contributed by atoms with Gasteiger partial charge in [-0.05, 0) is 68.0 Å². The van der Waals surface area contributed by atoms with Crippen LogP contribution < -0.4 is 9.47 Å². The van der Waals surface area contributed by atoms with E-state index in [4.69, 9.17) is 19.5 Å². The molecule has 3 rings (SSSR count). The van der Waals surface area contributed by atoms with Crippen LogP contribution in [0.4, 0.5) is 24.5 Å². The van der Waals surface area contributed by atoms with E-state index in [0.717, 1.165) is 48.5 Å². The maximum atomic E-state index is 14.7. The van der Waals surface area contributed by atoms with Gasteiger partial charge in [0.15, 0.2) is 11.6 Å². The van der Waals surface area contributed by atoms with Crippen molar-refractivity contribution in [1.82, 2.24) is 0 Å². The van der Waals surface area contributed by atoms with E-state index in [0.29, 0.717) is 37.7 Å². The molecule has 0 aliphatic heterocycles. The molecule has 0 saturated carbocycles. The van der Waals surface area contributed by atoms with Crippen LogP contribution in [-0.2, 0) is 20.4 Å². The van der Waals surface area contributed by atoms with Gasteiger partial charge in [-0.1, -0.05) is 12.1 Å². The molecule has 3 aromatic carbocycles. The molecule has 0 radical (unpaired) electrons. The van der Waals surface area contributed by atoms with Crippen LogP contribution >= 0.6 is 0 Å². The molecule has 0 amide bonds. The van der Waals surface area contributed by atoms with E-state index in [1.165, 1.54) is 24.3 Å². The Morgan fingerprint density at radius 2 is 1.47 bits per heavy atom. The molecule has 258 valence electrons. The standard InChI is InChI=1S/C33H30F3N3O10/c34-29-22-28(46-16-6-3-15-37)12-13-30(29)49-33(35,36)25-10-7-23(8-11-25)9-14-31(40)47-17-4-1-2-5-18-48-32(41)24-19-26(38(42)43)21-27(20-24)39(44)45/h7-14,19-22H,1-6,16-18H2. The van der Waals surface area contributed by atoms with Crippen molar-refractivity contribution < 1.29 is 51.6 Å². The zero-order valence-corrected chi connectivity index (χ0v) is 25.9. The smallest absolute Gasteiger partial charge is 0.426 e. The van der Waals surface area contributed by atoms with Gasteiger partial charge in [-0.2, -0.15) is 14.0 Å². The van der Waals surface area contributed by atoms with Crippen molar-refractivity contribution in [1.29, 1.82) is 5.26 Å². The molecule has 16 heteroatoms. The van der Waals surface area contributed by atoms with Gasteiger partial charge in [0.2, 0.25) is 0 Å². The molecule has 13 nitrogen and oxygen atoms in total. The molecule has 0 saturated heterocycles. The Bertz CT molecular complexity index is 1680. The molecule has 0 aliphatic carbocycles. The number of nitriles is 1. The largest absolute Gasteiger partial charge is 0.493 e. The number of alkyl halides is 2. The summed E-state index contributed by atoms with van der Waals surface area (Å²) in [6, 6.07) is 12.5. The Morgan fingerprint density at radius 1 is 0.837 bits per heavy atom. The number of hydrogen-bond acceptors (Lipinski definition) is 11. The first-order valence-corrected chi connectivity index (χ1v) is 14.8. The van der Waals surface area contributed by atoms with E-state index in [1.54, 1.807) is 0 Å². The predicted molar refractivity (Wildman–Crippen MR) is 166 cm³/mol. The van der Waals surface area contributed by atoms with E-state index >= 15 is 0 Å². The van der Waals surface area contributed by atoms with Crippen molar-refractivity contribution in [2.24, 2.45) is 0 Å². The van der Waals surface area contributed by atoms with Gasteiger partial charge in [0.1, 0.15) is 5.75 Å². The van der Waals surface area contributed by atoms with E-state index in [2.05, 4.69) is 4.74 Å². The number of halogens is 3. The molecule has 0 bridgehead atoms. The number of unbranched alkanes of at least 4 members (excludes halogenated alkanes) is 4. The number of non-ortho nitro benzene ring substituents is 2. The third-order valence-electron chi connectivity index (χ3n) is 6.58. The molecule has 49 heavy (non-hydrogen) atoms. The molecule has 0 aliphatic rings. The van der Waals surface area contributed by atoms with Gasteiger partial charge in [0, 0.05) is 30.7 Å². The number of nitro groups is 2. The lowest BCUT2D eigenvalue weighted by Gasteiger charge is -2.19. The summed E-state index contributed by atoms with van der Waals surface area (Å²) in [4.78, 5) is 44.4. The van der Waals surface area contributed by atoms with Crippen LogP contribution in [0.3, 0.4) is 0 Å². The highest BCUT2D eigenvalue weighted by molar-refractivity contribution is 5.91. The quantitative estimate of drug-likeness (QED) is 0.0402. The van der Waals surface area contributed by atoms with Gasteiger partial charge < -0.3 is 18.9 Å². The van der Waals surface area contributed by atoms with Crippen LogP contribution in [0, 0.1) is 37.4 Å². The van der Waals surface area contributed by atoms with Crippen molar-refractivity contribution in [3.63, 3.8) is 0 Å².